The molecule has 0 aliphatic carbocycles. The van der Waals surface area contributed by atoms with E-state index in [2.05, 4.69) is 5.32 Å². The summed E-state index contributed by atoms with van der Waals surface area (Å²) in [7, 11) is 1.56. The molecule has 2 atom stereocenters. The molecular formula is C16H24N2O4. The average molecular weight is 308 g/mol. The van der Waals surface area contributed by atoms with E-state index in [9.17, 15) is 14.7 Å². The first kappa shape index (κ1) is 18.0. The number of benzene rings is 1. The number of nitrogens with one attached hydrogen (secondary N) is 1. The van der Waals surface area contributed by atoms with Gasteiger partial charge in [-0.05, 0) is 30.0 Å². The molecule has 22 heavy (non-hydrogen) atoms. The fraction of sp³-hybridized carbons (Fsp3) is 0.500. The SMILES string of the molecule is COc1ccc(CC(NC(=O)C(N)CC(C)C)C(=O)O)cc1. The van der Waals surface area contributed by atoms with Crippen LogP contribution in [0.3, 0.4) is 0 Å². The van der Waals surface area contributed by atoms with Crippen LogP contribution in [0.25, 0.3) is 0 Å². The van der Waals surface area contributed by atoms with E-state index in [0.717, 1.165) is 5.56 Å². The summed E-state index contributed by atoms with van der Waals surface area (Å²) in [5.74, 6) is -0.556. The van der Waals surface area contributed by atoms with Gasteiger partial charge in [0.25, 0.3) is 0 Å². The lowest BCUT2D eigenvalue weighted by molar-refractivity contribution is -0.142. The van der Waals surface area contributed by atoms with E-state index in [1.807, 2.05) is 13.8 Å². The first-order chi connectivity index (χ1) is 10.3. The van der Waals surface area contributed by atoms with Crippen LogP contribution in [0.2, 0.25) is 0 Å². The molecule has 1 rings (SSSR count). The van der Waals surface area contributed by atoms with Crippen molar-refractivity contribution in [2.24, 2.45) is 11.7 Å². The largest absolute Gasteiger partial charge is 0.497 e. The fourth-order valence-electron chi connectivity index (χ4n) is 2.09. The number of rotatable bonds is 8. The van der Waals surface area contributed by atoms with Crippen molar-refractivity contribution in [1.82, 2.24) is 5.32 Å². The molecule has 4 N–H and O–H groups in total. The number of amides is 1. The quantitative estimate of drug-likeness (QED) is 0.669. The van der Waals surface area contributed by atoms with Crippen LogP contribution in [0, 0.1) is 5.92 Å². The van der Waals surface area contributed by atoms with Crippen LogP contribution < -0.4 is 15.8 Å². The number of aliphatic carboxylic acids is 1. The Hall–Kier alpha value is -2.08. The highest BCUT2D eigenvalue weighted by atomic mass is 16.5. The van der Waals surface area contributed by atoms with Crippen LogP contribution >= 0.6 is 0 Å². The highest BCUT2D eigenvalue weighted by molar-refractivity contribution is 5.86. The summed E-state index contributed by atoms with van der Waals surface area (Å²) in [5, 5.41) is 11.8. The molecule has 0 saturated heterocycles. The topological polar surface area (TPSA) is 102 Å². The van der Waals surface area contributed by atoms with Gasteiger partial charge in [0.2, 0.25) is 5.91 Å². The predicted molar refractivity (Wildman–Crippen MR) is 83.7 cm³/mol. The number of ether oxygens (including phenoxy) is 1. The van der Waals surface area contributed by atoms with Gasteiger partial charge in [0.1, 0.15) is 11.8 Å². The van der Waals surface area contributed by atoms with Crippen molar-refractivity contribution in [2.75, 3.05) is 7.11 Å². The number of methoxy groups -OCH3 is 1. The molecule has 0 fully saturated rings. The molecule has 0 bridgehead atoms. The van der Waals surface area contributed by atoms with Gasteiger partial charge in [0.05, 0.1) is 13.2 Å². The van der Waals surface area contributed by atoms with Crippen LogP contribution in [0.1, 0.15) is 25.8 Å². The third-order valence-electron chi connectivity index (χ3n) is 3.28. The zero-order chi connectivity index (χ0) is 16.7. The molecule has 2 unspecified atom stereocenters. The number of carboxylic acid groups (broad SMARTS) is 1. The molecule has 0 radical (unpaired) electrons. The van der Waals surface area contributed by atoms with Gasteiger partial charge in [-0.25, -0.2) is 4.79 Å². The van der Waals surface area contributed by atoms with Gasteiger partial charge < -0.3 is 20.9 Å². The average Bonchev–Trinajstić information content (AvgIpc) is 2.46. The second-order valence-corrected chi connectivity index (χ2v) is 5.69. The Bertz CT molecular complexity index is 499. The monoisotopic (exact) mass is 308 g/mol. The van der Waals surface area contributed by atoms with Crippen LogP contribution in [-0.4, -0.2) is 36.2 Å². The molecule has 122 valence electrons. The zero-order valence-corrected chi connectivity index (χ0v) is 13.2. The Balaban J connectivity index is 2.68. The number of carbonyl (C=O) groups is 2. The fourth-order valence-corrected chi connectivity index (χ4v) is 2.09. The van der Waals surface area contributed by atoms with E-state index in [-0.39, 0.29) is 12.3 Å². The third-order valence-corrected chi connectivity index (χ3v) is 3.28. The summed E-state index contributed by atoms with van der Waals surface area (Å²) in [5.41, 5.74) is 6.57. The molecule has 0 spiro atoms. The van der Waals surface area contributed by atoms with Crippen LogP contribution in [-0.2, 0) is 16.0 Å². The van der Waals surface area contributed by atoms with Gasteiger partial charge >= 0.3 is 5.97 Å². The maximum Gasteiger partial charge on any atom is 0.326 e. The number of carbonyl (C=O) groups excluding carboxylic acids is 1. The molecular weight excluding hydrogens is 284 g/mol. The summed E-state index contributed by atoms with van der Waals surface area (Å²) in [6, 6.07) is 5.35. The van der Waals surface area contributed by atoms with E-state index in [0.29, 0.717) is 12.2 Å². The Kier molecular flexibility index (Phi) is 6.85. The van der Waals surface area contributed by atoms with E-state index in [1.54, 1.807) is 31.4 Å². The first-order valence-electron chi connectivity index (χ1n) is 7.25. The zero-order valence-electron chi connectivity index (χ0n) is 13.2. The van der Waals surface area contributed by atoms with Crippen molar-refractivity contribution in [2.45, 2.75) is 38.8 Å². The van der Waals surface area contributed by atoms with Gasteiger partial charge in [0.15, 0.2) is 0 Å². The number of carboxylic acids is 1. The minimum Gasteiger partial charge on any atom is -0.497 e. The van der Waals surface area contributed by atoms with Crippen molar-refractivity contribution >= 4 is 11.9 Å². The highest BCUT2D eigenvalue weighted by Gasteiger charge is 2.24. The maximum absolute atomic E-state index is 12.0. The van der Waals surface area contributed by atoms with Crippen molar-refractivity contribution in [3.05, 3.63) is 29.8 Å². The van der Waals surface area contributed by atoms with E-state index >= 15 is 0 Å². The highest BCUT2D eigenvalue weighted by Crippen LogP contribution is 2.13. The number of nitrogens with two attached hydrogens (primary N) is 1. The predicted octanol–water partition coefficient (Wildman–Crippen LogP) is 1.18. The van der Waals surface area contributed by atoms with Crippen molar-refractivity contribution in [1.29, 1.82) is 0 Å². The van der Waals surface area contributed by atoms with Gasteiger partial charge in [0, 0.05) is 6.42 Å². The van der Waals surface area contributed by atoms with Crippen molar-refractivity contribution < 1.29 is 19.4 Å². The molecule has 1 amide bonds. The molecule has 0 aliphatic heterocycles. The molecule has 0 heterocycles. The molecule has 6 heteroatoms. The minimum absolute atomic E-state index is 0.194. The molecule has 1 aromatic rings. The van der Waals surface area contributed by atoms with Crippen molar-refractivity contribution in [3.8, 4) is 5.75 Å². The lowest BCUT2D eigenvalue weighted by atomic mass is 10.0. The van der Waals surface area contributed by atoms with E-state index in [4.69, 9.17) is 10.5 Å². The Morgan fingerprint density at radius 2 is 1.86 bits per heavy atom. The summed E-state index contributed by atoms with van der Waals surface area (Å²) in [4.78, 5) is 23.3. The molecule has 6 nitrogen and oxygen atoms in total. The lowest BCUT2D eigenvalue weighted by Gasteiger charge is -2.19. The Morgan fingerprint density at radius 1 is 1.27 bits per heavy atom. The summed E-state index contributed by atoms with van der Waals surface area (Å²) in [6.45, 7) is 3.92. The van der Waals surface area contributed by atoms with Crippen LogP contribution in [0.15, 0.2) is 24.3 Å². The molecule has 1 aromatic carbocycles. The lowest BCUT2D eigenvalue weighted by Crippen LogP contribution is -2.49. The van der Waals surface area contributed by atoms with E-state index in [1.165, 1.54) is 0 Å². The second kappa shape index (κ2) is 8.38. The van der Waals surface area contributed by atoms with Gasteiger partial charge in [-0.3, -0.25) is 4.79 Å². The molecule has 0 aliphatic rings. The molecule has 0 aromatic heterocycles. The number of hydrogen-bond acceptors (Lipinski definition) is 4. The van der Waals surface area contributed by atoms with Gasteiger partial charge in [-0.2, -0.15) is 0 Å². The molecule has 0 saturated carbocycles. The Morgan fingerprint density at radius 3 is 2.32 bits per heavy atom. The smallest absolute Gasteiger partial charge is 0.326 e. The summed E-state index contributed by atoms with van der Waals surface area (Å²) >= 11 is 0. The number of hydrogen-bond donors (Lipinski definition) is 3. The minimum atomic E-state index is -1.08. The Labute approximate surface area is 130 Å². The van der Waals surface area contributed by atoms with Crippen LogP contribution in [0.4, 0.5) is 0 Å². The summed E-state index contributed by atoms with van der Waals surface area (Å²) in [6.07, 6.45) is 0.709. The first-order valence-corrected chi connectivity index (χ1v) is 7.25. The second-order valence-electron chi connectivity index (χ2n) is 5.69. The standard InChI is InChI=1S/C16H24N2O4/c1-10(2)8-13(17)15(19)18-14(16(20)21)9-11-4-6-12(22-3)7-5-11/h4-7,10,13-14H,8-9,17H2,1-3H3,(H,18,19)(H,20,21). The van der Waals surface area contributed by atoms with Gasteiger partial charge in [-0.15, -0.1) is 0 Å². The third kappa shape index (κ3) is 5.73. The summed E-state index contributed by atoms with van der Waals surface area (Å²) < 4.78 is 5.05. The van der Waals surface area contributed by atoms with Gasteiger partial charge in [-0.1, -0.05) is 26.0 Å². The van der Waals surface area contributed by atoms with Crippen molar-refractivity contribution in [3.63, 3.8) is 0 Å². The van der Waals surface area contributed by atoms with Crippen LogP contribution in [0.5, 0.6) is 5.75 Å². The maximum atomic E-state index is 12.0. The van der Waals surface area contributed by atoms with E-state index < -0.39 is 24.0 Å². The normalized spacial score (nSPS) is 13.5.